The summed E-state index contributed by atoms with van der Waals surface area (Å²) in [6.45, 7) is 21.5. The highest BCUT2D eigenvalue weighted by Gasteiger charge is 2.73. The Morgan fingerprint density at radius 1 is 0.841 bits per heavy atom. The number of aliphatic carboxylic acids is 1. The second-order valence-electron chi connectivity index (χ2n) is 18.0. The highest BCUT2D eigenvalue weighted by Crippen LogP contribution is 2.79. The van der Waals surface area contributed by atoms with Gasteiger partial charge in [0.1, 0.15) is 12.6 Å². The van der Waals surface area contributed by atoms with Crippen LogP contribution in [-0.4, -0.2) is 35.6 Å². The Labute approximate surface area is 267 Å². The Kier molecular flexibility index (Phi) is 8.66. The van der Waals surface area contributed by atoms with Crippen molar-refractivity contribution in [2.45, 2.75) is 152 Å². The number of amides is 1. The molecule has 250 valence electrons. The van der Waals surface area contributed by atoms with Gasteiger partial charge in [-0.25, -0.2) is 0 Å². The lowest BCUT2D eigenvalue weighted by molar-refractivity contribution is -0.254. The number of fused-ring (bicyclic) bond motifs is 7. The van der Waals surface area contributed by atoms with Gasteiger partial charge in [-0.05, 0) is 122 Å². The Morgan fingerprint density at radius 3 is 2.16 bits per heavy atom. The highest BCUT2D eigenvalue weighted by molar-refractivity contribution is 5.87. The molecule has 6 nitrogen and oxygen atoms in total. The number of carbonyl (C=O) groups excluding carboxylic acids is 2. The lowest BCUT2D eigenvalue weighted by Gasteiger charge is -2.73. The number of carbonyl (C=O) groups is 3. The summed E-state index contributed by atoms with van der Waals surface area (Å²) in [6, 6.07) is 0. The molecule has 5 aliphatic rings. The summed E-state index contributed by atoms with van der Waals surface area (Å²) in [7, 11) is 0. The first-order chi connectivity index (χ1) is 20.4. The number of hydrogen-bond donors (Lipinski definition) is 2. The second-order valence-corrected chi connectivity index (χ2v) is 18.0. The fraction of sp³-hybridized carbons (Fsp3) is 0.921. The molecule has 10 atom stereocenters. The maximum atomic E-state index is 14.0. The quantitative estimate of drug-likeness (QED) is 0.268. The average Bonchev–Trinajstić information content (AvgIpc) is 3.27. The number of unbranched alkanes of at least 4 members (excludes halogenated alkanes) is 1. The van der Waals surface area contributed by atoms with Crippen molar-refractivity contribution in [2.24, 2.45) is 62.1 Å². The van der Waals surface area contributed by atoms with Crippen molar-refractivity contribution in [2.75, 3.05) is 6.54 Å². The van der Waals surface area contributed by atoms with Gasteiger partial charge in [0.2, 0.25) is 5.91 Å². The molecular weight excluding hydrogens is 550 g/mol. The highest BCUT2D eigenvalue weighted by atomic mass is 16.5. The molecule has 5 saturated carbocycles. The van der Waals surface area contributed by atoms with Crippen LogP contribution in [0.3, 0.4) is 0 Å². The molecule has 0 aliphatic heterocycles. The number of esters is 1. The van der Waals surface area contributed by atoms with Gasteiger partial charge in [-0.2, -0.15) is 0 Å². The van der Waals surface area contributed by atoms with Crippen LogP contribution in [0.25, 0.3) is 0 Å². The molecule has 5 aliphatic carbocycles. The summed E-state index contributed by atoms with van der Waals surface area (Å²) in [6.07, 6.45) is 13.0. The predicted molar refractivity (Wildman–Crippen MR) is 174 cm³/mol. The van der Waals surface area contributed by atoms with Crippen molar-refractivity contribution < 1.29 is 24.2 Å². The molecule has 5 rings (SSSR count). The molecule has 0 aromatic rings. The van der Waals surface area contributed by atoms with Gasteiger partial charge in [-0.1, -0.05) is 68.7 Å². The van der Waals surface area contributed by atoms with Crippen molar-refractivity contribution in [3.63, 3.8) is 0 Å². The van der Waals surface area contributed by atoms with Crippen LogP contribution in [0.1, 0.15) is 146 Å². The second kappa shape index (κ2) is 11.3. The molecule has 0 spiro atoms. The molecule has 44 heavy (non-hydrogen) atoms. The molecular formula is C38H63NO5. The number of carboxylic acids is 1. The zero-order valence-electron chi connectivity index (χ0n) is 29.4. The van der Waals surface area contributed by atoms with E-state index < -0.39 is 11.4 Å². The maximum absolute atomic E-state index is 14.0. The van der Waals surface area contributed by atoms with Gasteiger partial charge in [0.25, 0.3) is 0 Å². The number of hydrogen-bond acceptors (Lipinski definition) is 4. The first kappa shape index (κ1) is 33.8. The number of carboxylic acid groups (broad SMARTS) is 1. The van der Waals surface area contributed by atoms with Gasteiger partial charge in [0.15, 0.2) is 0 Å². The molecule has 0 radical (unpaired) electrons. The largest absolute Gasteiger partial charge is 0.480 e. The summed E-state index contributed by atoms with van der Waals surface area (Å²) in [4.78, 5) is 38.2. The smallest absolute Gasteiger partial charge is 0.322 e. The normalized spacial score (nSPS) is 45.8. The van der Waals surface area contributed by atoms with Crippen LogP contribution in [0.15, 0.2) is 0 Å². The SMILES string of the molecule is CCCCC(=O)O[C@@H]1CC[C@@]2(C)C(CC[C@]3(C)C2CCC2C4C(C)(C(C)C)CC[C@]4(C(=O)NCC(=O)O)CC[C@]23C)C1(C)C. The Balaban J connectivity index is 1.47. The molecule has 0 heterocycles. The van der Waals surface area contributed by atoms with Gasteiger partial charge in [-0.15, -0.1) is 0 Å². The van der Waals surface area contributed by atoms with Gasteiger partial charge < -0.3 is 15.2 Å². The Morgan fingerprint density at radius 2 is 1.52 bits per heavy atom. The minimum absolute atomic E-state index is 0.00664. The van der Waals surface area contributed by atoms with Crippen LogP contribution in [0, 0.1) is 62.1 Å². The maximum Gasteiger partial charge on any atom is 0.322 e. The van der Waals surface area contributed by atoms with Crippen LogP contribution in [0.5, 0.6) is 0 Å². The van der Waals surface area contributed by atoms with E-state index in [0.29, 0.717) is 30.1 Å². The summed E-state index contributed by atoms with van der Waals surface area (Å²) >= 11 is 0. The van der Waals surface area contributed by atoms with E-state index in [9.17, 15) is 19.5 Å². The molecule has 0 aromatic heterocycles. The number of rotatable bonds is 8. The standard InChI is InChI=1S/C38H63NO5/c1-10-11-12-30(42)44-28-16-17-35(7)26(33(28,4)5)15-18-37(9)27(35)14-13-25-31-34(6,24(2)3)19-21-38(31,22-20-36(25,37)8)32(43)39-23-29(40)41/h24-28,31H,10-23H2,1-9H3,(H,39,43)(H,40,41)/t25?,26?,27?,28-,31?,34?,35+,36-,37-,38+/m1/s1. The van der Waals surface area contributed by atoms with Crippen molar-refractivity contribution >= 4 is 17.8 Å². The van der Waals surface area contributed by atoms with Crippen LogP contribution >= 0.6 is 0 Å². The molecule has 5 fully saturated rings. The van der Waals surface area contributed by atoms with Crippen molar-refractivity contribution in [1.29, 1.82) is 0 Å². The zero-order chi connectivity index (χ0) is 32.5. The van der Waals surface area contributed by atoms with Crippen molar-refractivity contribution in [3.8, 4) is 0 Å². The van der Waals surface area contributed by atoms with Crippen LogP contribution in [-0.2, 0) is 19.1 Å². The Hall–Kier alpha value is -1.59. The van der Waals surface area contributed by atoms with Crippen molar-refractivity contribution in [1.82, 2.24) is 5.32 Å². The van der Waals surface area contributed by atoms with Crippen LogP contribution in [0.2, 0.25) is 0 Å². The predicted octanol–water partition coefficient (Wildman–Crippen LogP) is 8.42. The molecule has 0 saturated heterocycles. The third kappa shape index (κ3) is 4.71. The van der Waals surface area contributed by atoms with Crippen LogP contribution < -0.4 is 5.32 Å². The fourth-order valence-electron chi connectivity index (χ4n) is 13.1. The third-order valence-corrected chi connectivity index (χ3v) is 16.0. The van der Waals surface area contributed by atoms with Gasteiger partial charge in [0, 0.05) is 11.8 Å². The number of nitrogens with one attached hydrogen (secondary N) is 1. The molecule has 2 N–H and O–H groups in total. The first-order valence-electron chi connectivity index (χ1n) is 18.1. The summed E-state index contributed by atoms with van der Waals surface area (Å²) in [5.74, 6) is 1.29. The van der Waals surface area contributed by atoms with Crippen molar-refractivity contribution in [3.05, 3.63) is 0 Å². The minimum atomic E-state index is -0.969. The topological polar surface area (TPSA) is 92.7 Å². The van der Waals surface area contributed by atoms with E-state index in [0.717, 1.165) is 64.2 Å². The third-order valence-electron chi connectivity index (χ3n) is 16.0. The van der Waals surface area contributed by atoms with E-state index >= 15 is 0 Å². The van der Waals surface area contributed by atoms with Gasteiger partial charge >= 0.3 is 11.9 Å². The van der Waals surface area contributed by atoms with E-state index in [-0.39, 0.29) is 57.5 Å². The van der Waals surface area contributed by atoms with E-state index in [1.165, 1.54) is 12.8 Å². The van der Waals surface area contributed by atoms with E-state index in [1.807, 2.05) is 0 Å². The van der Waals surface area contributed by atoms with E-state index in [1.54, 1.807) is 0 Å². The molecule has 5 unspecified atom stereocenters. The Bertz CT molecular complexity index is 1150. The summed E-state index contributed by atoms with van der Waals surface area (Å²) in [5.41, 5.74) is 0.0235. The average molecular weight is 614 g/mol. The number of ether oxygens (including phenoxy) is 1. The lowest BCUT2D eigenvalue weighted by Crippen LogP contribution is -2.68. The van der Waals surface area contributed by atoms with Crippen LogP contribution in [0.4, 0.5) is 0 Å². The molecule has 1 amide bonds. The van der Waals surface area contributed by atoms with Gasteiger partial charge in [-0.3, -0.25) is 14.4 Å². The van der Waals surface area contributed by atoms with Gasteiger partial charge in [0.05, 0.1) is 5.41 Å². The molecule has 6 heteroatoms. The molecule has 0 aromatic carbocycles. The van der Waals surface area contributed by atoms with E-state index in [2.05, 4.69) is 67.6 Å². The fourth-order valence-corrected chi connectivity index (χ4v) is 13.1. The lowest BCUT2D eigenvalue weighted by atomic mass is 9.31. The van der Waals surface area contributed by atoms with E-state index in [4.69, 9.17) is 4.74 Å². The minimum Gasteiger partial charge on any atom is -0.480 e. The zero-order valence-corrected chi connectivity index (χ0v) is 29.4. The monoisotopic (exact) mass is 613 g/mol. The first-order valence-corrected chi connectivity index (χ1v) is 18.1. The summed E-state index contributed by atoms with van der Waals surface area (Å²) in [5, 5.41) is 12.3. The summed E-state index contributed by atoms with van der Waals surface area (Å²) < 4.78 is 6.22. The molecule has 0 bridgehead atoms.